The second-order valence-corrected chi connectivity index (χ2v) is 4.86. The first-order chi connectivity index (χ1) is 8.90. The number of nitrogens with one attached hydrogen (secondary N) is 1. The maximum absolute atomic E-state index is 5.96. The maximum atomic E-state index is 5.96. The van der Waals surface area contributed by atoms with E-state index < -0.39 is 0 Å². The average molecular weight is 245 g/mol. The fourth-order valence-electron chi connectivity index (χ4n) is 2.55. The van der Waals surface area contributed by atoms with Gasteiger partial charge in [0.2, 0.25) is 0 Å². The number of likely N-dealkylation sites (N-methyl/N-ethyl adjacent to an activating group) is 1. The van der Waals surface area contributed by atoms with Crippen molar-refractivity contribution in [1.82, 2.24) is 5.32 Å². The van der Waals surface area contributed by atoms with Crippen molar-refractivity contribution in [2.24, 2.45) is 0 Å². The minimum Gasteiger partial charge on any atom is -0.373 e. The minimum atomic E-state index is 0.379. The van der Waals surface area contributed by atoms with Gasteiger partial charge in [0.25, 0.3) is 0 Å². The lowest BCUT2D eigenvalue weighted by Crippen LogP contribution is -2.41. The molecule has 0 saturated heterocycles. The molecule has 2 atom stereocenters. The molecular formula is C16H23NO. The molecule has 1 aliphatic carbocycles. The summed E-state index contributed by atoms with van der Waals surface area (Å²) < 4.78 is 5.96. The summed E-state index contributed by atoms with van der Waals surface area (Å²) in [6, 6.07) is 10.9. The molecule has 18 heavy (non-hydrogen) atoms. The van der Waals surface area contributed by atoms with Gasteiger partial charge in [-0.3, -0.25) is 0 Å². The third-order valence-electron chi connectivity index (χ3n) is 3.59. The predicted molar refractivity (Wildman–Crippen MR) is 76.5 cm³/mol. The van der Waals surface area contributed by atoms with Crippen LogP contribution in [-0.4, -0.2) is 25.8 Å². The Kier molecular flexibility index (Phi) is 5.43. The van der Waals surface area contributed by atoms with Crippen LogP contribution in [0, 0.1) is 0 Å². The summed E-state index contributed by atoms with van der Waals surface area (Å²) >= 11 is 0. The Morgan fingerprint density at radius 2 is 2.00 bits per heavy atom. The zero-order valence-electron chi connectivity index (χ0n) is 11.1. The lowest BCUT2D eigenvalue weighted by atomic mass is 9.92. The molecule has 2 rings (SSSR count). The highest BCUT2D eigenvalue weighted by Gasteiger charge is 2.23. The van der Waals surface area contributed by atoms with Crippen molar-refractivity contribution < 1.29 is 4.74 Å². The van der Waals surface area contributed by atoms with Gasteiger partial charge in [-0.1, -0.05) is 55.3 Å². The van der Waals surface area contributed by atoms with Crippen LogP contribution in [0.1, 0.15) is 31.2 Å². The van der Waals surface area contributed by atoms with Crippen molar-refractivity contribution in [1.29, 1.82) is 0 Å². The van der Waals surface area contributed by atoms with E-state index >= 15 is 0 Å². The van der Waals surface area contributed by atoms with Gasteiger partial charge < -0.3 is 10.1 Å². The monoisotopic (exact) mass is 245 g/mol. The van der Waals surface area contributed by atoms with E-state index in [1.807, 2.05) is 13.1 Å². The van der Waals surface area contributed by atoms with Gasteiger partial charge in [-0.15, -0.1) is 0 Å². The van der Waals surface area contributed by atoms with Crippen LogP contribution >= 0.6 is 0 Å². The standard InChI is InChI=1S/C16H23NO/c1-17-15-11-5-6-12-16(15)18-13-7-10-14-8-3-2-4-9-14/h2-4,7-10,15-17H,5-6,11-13H2,1H3/b10-7+. The van der Waals surface area contributed by atoms with Crippen LogP contribution in [0.15, 0.2) is 36.4 Å². The molecule has 0 aromatic heterocycles. The number of hydrogen-bond donors (Lipinski definition) is 1. The highest BCUT2D eigenvalue weighted by Crippen LogP contribution is 2.21. The van der Waals surface area contributed by atoms with Crippen molar-refractivity contribution in [2.45, 2.75) is 37.8 Å². The Morgan fingerprint density at radius 3 is 2.78 bits per heavy atom. The summed E-state index contributed by atoms with van der Waals surface area (Å²) in [5.74, 6) is 0. The average Bonchev–Trinajstić information content (AvgIpc) is 2.45. The number of benzene rings is 1. The molecule has 0 bridgehead atoms. The molecule has 0 heterocycles. The van der Waals surface area contributed by atoms with Crippen LogP contribution in [0.3, 0.4) is 0 Å². The van der Waals surface area contributed by atoms with Gasteiger partial charge in [-0.2, -0.15) is 0 Å². The van der Waals surface area contributed by atoms with Crippen LogP contribution in [0.5, 0.6) is 0 Å². The first-order valence-electron chi connectivity index (χ1n) is 6.90. The van der Waals surface area contributed by atoms with E-state index in [0.29, 0.717) is 18.8 Å². The van der Waals surface area contributed by atoms with E-state index in [2.05, 4.69) is 41.7 Å². The molecule has 1 fully saturated rings. The van der Waals surface area contributed by atoms with Gasteiger partial charge >= 0.3 is 0 Å². The summed E-state index contributed by atoms with van der Waals surface area (Å²) in [7, 11) is 2.03. The zero-order chi connectivity index (χ0) is 12.6. The highest BCUT2D eigenvalue weighted by molar-refractivity contribution is 5.48. The fourth-order valence-corrected chi connectivity index (χ4v) is 2.55. The molecular weight excluding hydrogens is 222 g/mol. The Labute approximate surface area is 110 Å². The van der Waals surface area contributed by atoms with E-state index in [1.54, 1.807) is 0 Å². The van der Waals surface area contributed by atoms with E-state index in [9.17, 15) is 0 Å². The Bertz CT molecular complexity index is 361. The summed E-state index contributed by atoms with van der Waals surface area (Å²) in [6.45, 7) is 0.706. The molecule has 1 saturated carbocycles. The molecule has 0 aliphatic heterocycles. The predicted octanol–water partition coefficient (Wildman–Crippen LogP) is 3.25. The second-order valence-electron chi connectivity index (χ2n) is 4.86. The SMILES string of the molecule is CNC1CCCCC1OC/C=C/c1ccccc1. The first kappa shape index (κ1) is 13.3. The van der Waals surface area contributed by atoms with Gasteiger partial charge in [-0.05, 0) is 25.5 Å². The number of ether oxygens (including phenoxy) is 1. The molecule has 98 valence electrons. The largest absolute Gasteiger partial charge is 0.373 e. The highest BCUT2D eigenvalue weighted by atomic mass is 16.5. The Morgan fingerprint density at radius 1 is 1.22 bits per heavy atom. The van der Waals surface area contributed by atoms with Crippen molar-refractivity contribution in [3.63, 3.8) is 0 Å². The van der Waals surface area contributed by atoms with Crippen molar-refractivity contribution in [3.05, 3.63) is 42.0 Å². The van der Waals surface area contributed by atoms with Gasteiger partial charge in [0.15, 0.2) is 0 Å². The Hall–Kier alpha value is -1.12. The first-order valence-corrected chi connectivity index (χ1v) is 6.90. The van der Waals surface area contributed by atoms with E-state index in [-0.39, 0.29) is 0 Å². The lowest BCUT2D eigenvalue weighted by molar-refractivity contribution is 0.0232. The normalized spacial score (nSPS) is 24.5. The van der Waals surface area contributed by atoms with Gasteiger partial charge in [0.1, 0.15) is 0 Å². The number of hydrogen-bond acceptors (Lipinski definition) is 2. The smallest absolute Gasteiger partial charge is 0.0732 e. The lowest BCUT2D eigenvalue weighted by Gasteiger charge is -2.30. The minimum absolute atomic E-state index is 0.379. The van der Waals surface area contributed by atoms with Crippen molar-refractivity contribution in [2.75, 3.05) is 13.7 Å². The summed E-state index contributed by atoms with van der Waals surface area (Å²) in [4.78, 5) is 0. The van der Waals surface area contributed by atoms with Crippen LogP contribution in [0.2, 0.25) is 0 Å². The zero-order valence-corrected chi connectivity index (χ0v) is 11.1. The van der Waals surface area contributed by atoms with Gasteiger partial charge in [0, 0.05) is 6.04 Å². The molecule has 2 nitrogen and oxygen atoms in total. The third-order valence-corrected chi connectivity index (χ3v) is 3.59. The molecule has 2 unspecified atom stereocenters. The molecule has 0 spiro atoms. The molecule has 2 heteroatoms. The molecule has 1 aliphatic rings. The summed E-state index contributed by atoms with van der Waals surface area (Å²) in [6.07, 6.45) is 9.66. The van der Waals surface area contributed by atoms with Gasteiger partial charge in [0.05, 0.1) is 12.7 Å². The van der Waals surface area contributed by atoms with E-state index in [0.717, 1.165) is 0 Å². The molecule has 0 radical (unpaired) electrons. The second kappa shape index (κ2) is 7.34. The molecule has 1 aromatic carbocycles. The van der Waals surface area contributed by atoms with Crippen molar-refractivity contribution >= 4 is 6.08 Å². The summed E-state index contributed by atoms with van der Waals surface area (Å²) in [5, 5.41) is 3.36. The van der Waals surface area contributed by atoms with Crippen LogP contribution in [0.4, 0.5) is 0 Å². The van der Waals surface area contributed by atoms with E-state index in [1.165, 1.54) is 31.2 Å². The van der Waals surface area contributed by atoms with Crippen LogP contribution in [0.25, 0.3) is 6.08 Å². The van der Waals surface area contributed by atoms with Gasteiger partial charge in [-0.25, -0.2) is 0 Å². The van der Waals surface area contributed by atoms with Crippen LogP contribution in [-0.2, 0) is 4.74 Å². The number of rotatable bonds is 5. The fraction of sp³-hybridized carbons (Fsp3) is 0.500. The topological polar surface area (TPSA) is 21.3 Å². The van der Waals surface area contributed by atoms with Crippen LogP contribution < -0.4 is 5.32 Å². The molecule has 1 N–H and O–H groups in total. The third kappa shape index (κ3) is 3.97. The van der Waals surface area contributed by atoms with E-state index in [4.69, 9.17) is 4.74 Å². The van der Waals surface area contributed by atoms with Crippen molar-refractivity contribution in [3.8, 4) is 0 Å². The Balaban J connectivity index is 1.76. The quantitative estimate of drug-likeness (QED) is 0.860. The summed E-state index contributed by atoms with van der Waals surface area (Å²) in [5.41, 5.74) is 1.23. The molecule has 1 aromatic rings. The maximum Gasteiger partial charge on any atom is 0.0732 e. The molecule has 0 amide bonds.